The van der Waals surface area contributed by atoms with Gasteiger partial charge in [-0.15, -0.1) is 0 Å². The summed E-state index contributed by atoms with van der Waals surface area (Å²) in [6.07, 6.45) is 0. The van der Waals surface area contributed by atoms with Crippen LogP contribution >= 0.6 is 15.9 Å². The van der Waals surface area contributed by atoms with Gasteiger partial charge in [-0.2, -0.15) is 0 Å². The van der Waals surface area contributed by atoms with Crippen LogP contribution in [-0.4, -0.2) is 22.0 Å². The molecule has 0 fully saturated rings. The van der Waals surface area contributed by atoms with Gasteiger partial charge in [0.25, 0.3) is 0 Å². The van der Waals surface area contributed by atoms with E-state index in [0.29, 0.717) is 0 Å². The Kier molecular flexibility index (Phi) is 3.43. The number of carbonyl (C=O) groups excluding carboxylic acids is 1. The molecule has 0 aromatic heterocycles. The molecule has 0 aromatic rings. The number of nitrogens with zero attached hydrogens (tertiary/aromatic N) is 1. The Hall–Kier alpha value is -0.380. The van der Waals surface area contributed by atoms with E-state index in [1.165, 1.54) is 6.92 Å². The Morgan fingerprint density at radius 3 is 2.50 bits per heavy atom. The molecular weight excluding hydrogens is 174 g/mol. The van der Waals surface area contributed by atoms with Crippen molar-refractivity contribution in [3.8, 4) is 0 Å². The van der Waals surface area contributed by atoms with Crippen LogP contribution in [0.2, 0.25) is 0 Å². The first-order valence-electron chi connectivity index (χ1n) is 2.00. The first-order valence-corrected chi connectivity index (χ1v) is 3.12. The summed E-state index contributed by atoms with van der Waals surface area (Å²) in [7, 11) is 0. The first kappa shape index (κ1) is 7.62. The van der Waals surface area contributed by atoms with Crippen LogP contribution in [0.4, 0.5) is 0 Å². The number of hydrogen-bond acceptors (Lipinski definition) is 3. The largest absolute Gasteiger partial charge is 0.411 e. The van der Waals surface area contributed by atoms with Crippen molar-refractivity contribution in [2.45, 2.75) is 6.92 Å². The average Bonchev–Trinajstić information content (AvgIpc) is 1.84. The van der Waals surface area contributed by atoms with Gasteiger partial charge in [0.1, 0.15) is 5.71 Å². The normalized spacial score (nSPS) is 11.5. The molecule has 0 amide bonds. The van der Waals surface area contributed by atoms with E-state index in [4.69, 9.17) is 5.21 Å². The summed E-state index contributed by atoms with van der Waals surface area (Å²) >= 11 is 2.91. The number of alkyl halides is 1. The van der Waals surface area contributed by atoms with Crippen molar-refractivity contribution in [3.05, 3.63) is 0 Å². The molecule has 1 N–H and O–H groups in total. The molecule has 4 heteroatoms. The van der Waals surface area contributed by atoms with Gasteiger partial charge in [0.15, 0.2) is 5.78 Å². The Bertz CT molecular complexity index is 121. The van der Waals surface area contributed by atoms with Crippen LogP contribution in [0.3, 0.4) is 0 Å². The molecule has 0 rings (SSSR count). The Morgan fingerprint density at radius 1 is 1.88 bits per heavy atom. The second kappa shape index (κ2) is 3.60. The van der Waals surface area contributed by atoms with E-state index in [-0.39, 0.29) is 16.8 Å². The standard InChI is InChI=1S/C4H6BrNO2/c1-3(6-8)4(7)2-5/h8H,2H2,1H3/b6-3-. The van der Waals surface area contributed by atoms with Crippen LogP contribution in [0.5, 0.6) is 0 Å². The molecule has 0 aliphatic heterocycles. The minimum absolute atomic E-state index is 0.127. The lowest BCUT2D eigenvalue weighted by Gasteiger charge is -1.87. The molecule has 0 heterocycles. The zero-order valence-electron chi connectivity index (χ0n) is 4.39. The lowest BCUT2D eigenvalue weighted by atomic mass is 10.3. The molecule has 3 nitrogen and oxygen atoms in total. The minimum Gasteiger partial charge on any atom is -0.411 e. The van der Waals surface area contributed by atoms with Crippen LogP contribution < -0.4 is 0 Å². The molecule has 0 aliphatic carbocycles. The molecule has 0 aliphatic rings. The minimum atomic E-state index is -0.201. The number of carbonyl (C=O) groups is 1. The van der Waals surface area contributed by atoms with Crippen LogP contribution in [0, 0.1) is 0 Å². The molecule has 0 saturated carbocycles. The average molecular weight is 180 g/mol. The van der Waals surface area contributed by atoms with E-state index in [1.807, 2.05) is 0 Å². The summed E-state index contributed by atoms with van der Waals surface area (Å²) in [5, 5.41) is 10.9. The third-order valence-corrected chi connectivity index (χ3v) is 1.18. The molecule has 0 spiro atoms. The smallest absolute Gasteiger partial charge is 0.190 e. The highest BCUT2D eigenvalue weighted by Crippen LogP contribution is 1.84. The van der Waals surface area contributed by atoms with E-state index >= 15 is 0 Å². The summed E-state index contributed by atoms with van der Waals surface area (Å²) in [4.78, 5) is 10.4. The van der Waals surface area contributed by atoms with Crippen LogP contribution in [-0.2, 0) is 4.79 Å². The zero-order chi connectivity index (χ0) is 6.57. The van der Waals surface area contributed by atoms with Crippen LogP contribution in [0.1, 0.15) is 6.92 Å². The van der Waals surface area contributed by atoms with Crippen molar-refractivity contribution in [1.82, 2.24) is 0 Å². The van der Waals surface area contributed by atoms with Gasteiger partial charge < -0.3 is 5.21 Å². The van der Waals surface area contributed by atoms with Gasteiger partial charge in [-0.05, 0) is 6.92 Å². The third-order valence-electron chi connectivity index (χ3n) is 0.675. The van der Waals surface area contributed by atoms with Crippen molar-refractivity contribution in [2.75, 3.05) is 5.33 Å². The number of rotatable bonds is 2. The molecule has 0 unspecified atom stereocenters. The number of oxime groups is 1. The predicted octanol–water partition coefficient (Wildman–Crippen LogP) is 0.800. The zero-order valence-corrected chi connectivity index (χ0v) is 5.97. The maximum atomic E-state index is 10.4. The second-order valence-electron chi connectivity index (χ2n) is 1.24. The van der Waals surface area contributed by atoms with Crippen LogP contribution in [0.25, 0.3) is 0 Å². The van der Waals surface area contributed by atoms with E-state index in [9.17, 15) is 4.79 Å². The van der Waals surface area contributed by atoms with Crippen molar-refractivity contribution in [1.29, 1.82) is 0 Å². The van der Waals surface area contributed by atoms with Gasteiger partial charge in [-0.25, -0.2) is 0 Å². The van der Waals surface area contributed by atoms with Crippen molar-refractivity contribution in [2.24, 2.45) is 5.16 Å². The quantitative estimate of drug-likeness (QED) is 0.295. The van der Waals surface area contributed by atoms with Gasteiger partial charge in [0.05, 0.1) is 5.33 Å². The van der Waals surface area contributed by atoms with Crippen LogP contribution in [0.15, 0.2) is 5.16 Å². The van der Waals surface area contributed by atoms with Gasteiger partial charge >= 0.3 is 0 Å². The topological polar surface area (TPSA) is 49.7 Å². The van der Waals surface area contributed by atoms with Gasteiger partial charge in [-0.1, -0.05) is 21.1 Å². The summed E-state index contributed by atoms with van der Waals surface area (Å²) in [5.74, 6) is -0.201. The molecule has 0 bridgehead atoms. The maximum Gasteiger partial charge on any atom is 0.190 e. The highest BCUT2D eigenvalue weighted by Gasteiger charge is 2.01. The van der Waals surface area contributed by atoms with E-state index in [0.717, 1.165) is 0 Å². The molecular formula is C4H6BrNO2. The monoisotopic (exact) mass is 179 g/mol. The fourth-order valence-corrected chi connectivity index (χ4v) is 0.558. The summed E-state index contributed by atoms with van der Waals surface area (Å²) < 4.78 is 0. The second-order valence-corrected chi connectivity index (χ2v) is 1.80. The number of halogens is 1. The highest BCUT2D eigenvalue weighted by molar-refractivity contribution is 9.09. The molecule has 0 radical (unpaired) electrons. The first-order chi connectivity index (χ1) is 3.72. The molecule has 46 valence electrons. The van der Waals surface area contributed by atoms with E-state index in [1.54, 1.807) is 0 Å². The number of hydrogen-bond donors (Lipinski definition) is 1. The van der Waals surface area contributed by atoms with Crippen molar-refractivity contribution < 1.29 is 10.0 Å². The van der Waals surface area contributed by atoms with Gasteiger partial charge in [0, 0.05) is 0 Å². The summed E-state index contributed by atoms with van der Waals surface area (Å²) in [6, 6.07) is 0. The maximum absolute atomic E-state index is 10.4. The van der Waals surface area contributed by atoms with Gasteiger partial charge in [-0.3, -0.25) is 4.79 Å². The Labute approximate surface area is 55.5 Å². The number of ketones is 1. The van der Waals surface area contributed by atoms with Crippen molar-refractivity contribution in [3.63, 3.8) is 0 Å². The SMILES string of the molecule is C/C(=N/O)C(=O)CBr. The van der Waals surface area contributed by atoms with E-state index < -0.39 is 0 Å². The lowest BCUT2D eigenvalue weighted by molar-refractivity contribution is -0.110. The molecule has 0 saturated heterocycles. The van der Waals surface area contributed by atoms with E-state index in [2.05, 4.69) is 21.1 Å². The summed E-state index contributed by atoms with van der Waals surface area (Å²) in [6.45, 7) is 1.45. The highest BCUT2D eigenvalue weighted by atomic mass is 79.9. The molecule has 0 atom stereocenters. The molecule has 8 heavy (non-hydrogen) atoms. The molecule has 0 aromatic carbocycles. The van der Waals surface area contributed by atoms with Crippen molar-refractivity contribution >= 4 is 27.4 Å². The predicted molar refractivity (Wildman–Crippen MR) is 33.7 cm³/mol. The fraction of sp³-hybridized carbons (Fsp3) is 0.500. The third kappa shape index (κ3) is 2.07. The summed E-state index contributed by atoms with van der Waals surface area (Å²) in [5.41, 5.74) is 0.127. The number of Topliss-reactive ketones (excluding diaryl/α,β-unsaturated/α-hetero) is 1. The fourth-order valence-electron chi connectivity index (χ4n) is 0.152. The lowest BCUT2D eigenvalue weighted by Crippen LogP contribution is -2.10. The Morgan fingerprint density at radius 2 is 2.38 bits per heavy atom. The van der Waals surface area contributed by atoms with Gasteiger partial charge in [0.2, 0.25) is 0 Å². The Balaban J connectivity index is 3.83.